The van der Waals surface area contributed by atoms with Gasteiger partial charge in [0.1, 0.15) is 0 Å². The Kier molecular flexibility index (Phi) is 3.30. The molecule has 1 aliphatic carbocycles. The van der Waals surface area contributed by atoms with Crippen LogP contribution in [0.25, 0.3) is 0 Å². The number of hydrogen-bond acceptors (Lipinski definition) is 2. The van der Waals surface area contributed by atoms with Crippen LogP contribution >= 0.6 is 27.3 Å². The molecule has 0 aromatic carbocycles. The summed E-state index contributed by atoms with van der Waals surface area (Å²) in [6.07, 6.45) is 5.38. The van der Waals surface area contributed by atoms with Crippen molar-refractivity contribution in [2.24, 2.45) is 0 Å². The number of hydrogen-bond donors (Lipinski definition) is 1. The van der Waals surface area contributed by atoms with Gasteiger partial charge in [-0.2, -0.15) is 0 Å². The second kappa shape index (κ2) is 4.33. The largest absolute Gasteiger partial charge is 0.306 e. The van der Waals surface area contributed by atoms with Crippen LogP contribution in [0.1, 0.15) is 37.5 Å². The van der Waals surface area contributed by atoms with Gasteiger partial charge in [0.25, 0.3) is 0 Å². The number of rotatable bonds is 4. The Morgan fingerprint density at radius 3 is 2.71 bits per heavy atom. The molecule has 0 amide bonds. The van der Waals surface area contributed by atoms with Gasteiger partial charge < -0.3 is 5.32 Å². The lowest BCUT2D eigenvalue weighted by atomic mass is 9.75. The zero-order chi connectivity index (χ0) is 10.0. The number of nitrogens with one attached hydrogen (secondary N) is 1. The fourth-order valence-electron chi connectivity index (χ4n) is 1.98. The van der Waals surface area contributed by atoms with Crippen LogP contribution in [0.3, 0.4) is 0 Å². The van der Waals surface area contributed by atoms with Crippen molar-refractivity contribution < 1.29 is 0 Å². The van der Waals surface area contributed by atoms with Gasteiger partial charge in [-0.1, -0.05) is 6.92 Å². The molecule has 0 bridgehead atoms. The van der Waals surface area contributed by atoms with Gasteiger partial charge in [-0.3, -0.25) is 0 Å². The third-order valence-electron chi connectivity index (χ3n) is 3.25. The first-order valence-corrected chi connectivity index (χ1v) is 6.84. The molecule has 0 aliphatic heterocycles. The third kappa shape index (κ3) is 2.20. The van der Waals surface area contributed by atoms with Crippen molar-refractivity contribution in [3.05, 3.63) is 20.8 Å². The molecule has 0 unspecified atom stereocenters. The Morgan fingerprint density at radius 1 is 1.50 bits per heavy atom. The molecule has 1 aromatic rings. The maximum absolute atomic E-state index is 3.70. The van der Waals surface area contributed by atoms with Gasteiger partial charge in [0.2, 0.25) is 0 Å². The maximum atomic E-state index is 3.70. The van der Waals surface area contributed by atoms with E-state index in [-0.39, 0.29) is 0 Å². The summed E-state index contributed by atoms with van der Waals surface area (Å²) in [4.78, 5) is 1.43. The van der Waals surface area contributed by atoms with E-state index in [1.54, 1.807) is 0 Å². The van der Waals surface area contributed by atoms with Gasteiger partial charge in [-0.25, -0.2) is 0 Å². The molecule has 3 heteroatoms. The fraction of sp³-hybridized carbons (Fsp3) is 0.636. The molecule has 14 heavy (non-hydrogen) atoms. The molecule has 2 rings (SSSR count). The Hall–Kier alpha value is 0.140. The average molecular weight is 274 g/mol. The van der Waals surface area contributed by atoms with Gasteiger partial charge in [-0.15, -0.1) is 11.3 Å². The standard InChI is InChI=1S/C11H16BrNS/c1-2-11(6-3-7-11)13-8-9-4-5-10(12)14-9/h4-5,13H,2-3,6-8H2,1H3. The smallest absolute Gasteiger partial charge is 0.0701 e. The van der Waals surface area contributed by atoms with Crippen molar-refractivity contribution in [1.82, 2.24) is 5.32 Å². The predicted octanol–water partition coefficient (Wildman–Crippen LogP) is 3.93. The minimum atomic E-state index is 0.469. The third-order valence-corrected chi connectivity index (χ3v) is 4.88. The lowest BCUT2D eigenvalue weighted by molar-refractivity contribution is 0.176. The van der Waals surface area contributed by atoms with Gasteiger partial charge in [0, 0.05) is 17.0 Å². The van der Waals surface area contributed by atoms with E-state index in [4.69, 9.17) is 0 Å². The SMILES string of the molecule is CCC1(NCc2ccc(Br)s2)CCC1. The molecule has 1 aliphatic rings. The summed E-state index contributed by atoms with van der Waals surface area (Å²) < 4.78 is 1.23. The molecular formula is C11H16BrNS. The van der Waals surface area contributed by atoms with Crippen LogP contribution in [0.2, 0.25) is 0 Å². The van der Waals surface area contributed by atoms with Crippen molar-refractivity contribution in [2.45, 2.75) is 44.7 Å². The molecule has 0 radical (unpaired) electrons. The minimum absolute atomic E-state index is 0.469. The van der Waals surface area contributed by atoms with E-state index in [0.717, 1.165) is 6.54 Å². The Morgan fingerprint density at radius 2 is 2.29 bits per heavy atom. The summed E-state index contributed by atoms with van der Waals surface area (Å²) in [7, 11) is 0. The van der Waals surface area contributed by atoms with E-state index < -0.39 is 0 Å². The highest BCUT2D eigenvalue weighted by Crippen LogP contribution is 2.35. The first-order chi connectivity index (χ1) is 6.74. The van der Waals surface area contributed by atoms with E-state index >= 15 is 0 Å². The summed E-state index contributed by atoms with van der Waals surface area (Å²) in [6.45, 7) is 3.32. The van der Waals surface area contributed by atoms with Crippen LogP contribution in [0, 0.1) is 0 Å². The Bertz CT molecular complexity index is 298. The van der Waals surface area contributed by atoms with Crippen molar-refractivity contribution in [2.75, 3.05) is 0 Å². The molecule has 1 fully saturated rings. The molecule has 0 atom stereocenters. The van der Waals surface area contributed by atoms with Crippen LogP contribution < -0.4 is 5.32 Å². The fourth-order valence-corrected chi connectivity index (χ4v) is 3.40. The lowest BCUT2D eigenvalue weighted by Gasteiger charge is -2.42. The maximum Gasteiger partial charge on any atom is 0.0701 e. The molecule has 1 saturated carbocycles. The lowest BCUT2D eigenvalue weighted by Crippen LogP contribution is -2.49. The van der Waals surface area contributed by atoms with Crippen molar-refractivity contribution >= 4 is 27.3 Å². The van der Waals surface area contributed by atoms with Crippen molar-refractivity contribution in [1.29, 1.82) is 0 Å². The first-order valence-electron chi connectivity index (χ1n) is 5.23. The number of thiophene rings is 1. The van der Waals surface area contributed by atoms with Gasteiger partial charge in [0.15, 0.2) is 0 Å². The zero-order valence-corrected chi connectivity index (χ0v) is 10.9. The highest BCUT2D eigenvalue weighted by Gasteiger charge is 2.34. The topological polar surface area (TPSA) is 12.0 Å². The van der Waals surface area contributed by atoms with E-state index in [2.05, 4.69) is 40.3 Å². The van der Waals surface area contributed by atoms with E-state index in [1.165, 1.54) is 34.3 Å². The molecule has 1 aromatic heterocycles. The zero-order valence-electron chi connectivity index (χ0n) is 8.48. The van der Waals surface area contributed by atoms with Crippen molar-refractivity contribution in [3.8, 4) is 0 Å². The van der Waals surface area contributed by atoms with Crippen LogP contribution in [0.4, 0.5) is 0 Å². The monoisotopic (exact) mass is 273 g/mol. The van der Waals surface area contributed by atoms with Crippen LogP contribution in [0.5, 0.6) is 0 Å². The number of halogens is 1. The van der Waals surface area contributed by atoms with E-state index in [9.17, 15) is 0 Å². The quantitative estimate of drug-likeness (QED) is 0.877. The molecule has 1 heterocycles. The molecular weight excluding hydrogens is 258 g/mol. The normalized spacial score (nSPS) is 19.3. The predicted molar refractivity (Wildman–Crippen MR) is 65.7 cm³/mol. The molecule has 0 spiro atoms. The summed E-state index contributed by atoms with van der Waals surface area (Å²) in [5, 5.41) is 3.70. The average Bonchev–Trinajstić information content (AvgIpc) is 2.50. The molecule has 1 nitrogen and oxygen atoms in total. The van der Waals surface area contributed by atoms with Gasteiger partial charge in [-0.05, 0) is 53.7 Å². The Labute approximate surface area is 98.0 Å². The van der Waals surface area contributed by atoms with Gasteiger partial charge in [0.05, 0.1) is 3.79 Å². The molecule has 78 valence electrons. The second-order valence-electron chi connectivity index (χ2n) is 4.05. The van der Waals surface area contributed by atoms with Crippen LogP contribution in [-0.2, 0) is 6.54 Å². The summed E-state index contributed by atoms with van der Waals surface area (Å²) in [5.41, 5.74) is 0.469. The summed E-state index contributed by atoms with van der Waals surface area (Å²) in [5.74, 6) is 0. The molecule has 0 saturated heterocycles. The highest BCUT2D eigenvalue weighted by molar-refractivity contribution is 9.11. The first kappa shape index (κ1) is 10.7. The van der Waals surface area contributed by atoms with E-state index in [0.29, 0.717) is 5.54 Å². The van der Waals surface area contributed by atoms with Crippen molar-refractivity contribution in [3.63, 3.8) is 0 Å². The summed E-state index contributed by atoms with van der Waals surface area (Å²) >= 11 is 5.32. The summed E-state index contributed by atoms with van der Waals surface area (Å²) in [6, 6.07) is 4.32. The minimum Gasteiger partial charge on any atom is -0.306 e. The second-order valence-corrected chi connectivity index (χ2v) is 6.59. The molecule has 1 N–H and O–H groups in total. The Balaban J connectivity index is 1.87. The highest BCUT2D eigenvalue weighted by atomic mass is 79.9. The van der Waals surface area contributed by atoms with E-state index in [1.807, 2.05) is 11.3 Å². The van der Waals surface area contributed by atoms with Crippen LogP contribution in [0.15, 0.2) is 15.9 Å². The van der Waals surface area contributed by atoms with Gasteiger partial charge >= 0.3 is 0 Å². The van der Waals surface area contributed by atoms with Crippen LogP contribution in [-0.4, -0.2) is 5.54 Å².